The Labute approximate surface area is 161 Å². The Morgan fingerprint density at radius 3 is 2.65 bits per heavy atom. The average Bonchev–Trinajstić information content (AvgIpc) is 3.13. The van der Waals surface area contributed by atoms with E-state index in [4.69, 9.17) is 4.98 Å². The van der Waals surface area contributed by atoms with Gasteiger partial charge < -0.3 is 10.2 Å². The zero-order chi connectivity index (χ0) is 17.9. The van der Waals surface area contributed by atoms with E-state index in [1.807, 2.05) is 42.7 Å². The van der Waals surface area contributed by atoms with Gasteiger partial charge in [0.1, 0.15) is 0 Å². The molecule has 0 spiro atoms. The summed E-state index contributed by atoms with van der Waals surface area (Å²) in [7, 11) is 0. The van der Waals surface area contributed by atoms with E-state index >= 15 is 0 Å². The number of benzene rings is 2. The fraction of sp³-hybridized carbons (Fsp3) is 0.300. The quantitative estimate of drug-likeness (QED) is 0.653. The Morgan fingerprint density at radius 2 is 1.88 bits per heavy atom. The van der Waals surface area contributed by atoms with E-state index in [9.17, 15) is 4.79 Å². The second-order valence-electron chi connectivity index (χ2n) is 6.42. The Kier molecular flexibility index (Phi) is 5.13. The van der Waals surface area contributed by atoms with Gasteiger partial charge in [0, 0.05) is 23.9 Å². The monoisotopic (exact) mass is 383 g/mol. The maximum Gasteiger partial charge on any atom is 0.227 e. The predicted octanol–water partition coefficient (Wildman–Crippen LogP) is 4.87. The molecule has 1 fully saturated rings. The van der Waals surface area contributed by atoms with Gasteiger partial charge in [0.2, 0.25) is 5.91 Å². The first kappa shape index (κ1) is 17.4. The third-order valence-corrected chi connectivity index (χ3v) is 6.68. The molecule has 0 atom stereocenters. The van der Waals surface area contributed by atoms with Crippen LogP contribution >= 0.6 is 23.1 Å². The van der Waals surface area contributed by atoms with Crippen LogP contribution in [0.5, 0.6) is 0 Å². The number of hydrogen-bond acceptors (Lipinski definition) is 5. The summed E-state index contributed by atoms with van der Waals surface area (Å²) in [5.74, 6) is 0.200. The highest BCUT2D eigenvalue weighted by Gasteiger charge is 2.26. The first-order chi connectivity index (χ1) is 12.7. The number of carbonyl (C=O) groups is 1. The first-order valence-corrected chi connectivity index (χ1v) is 10.8. The molecule has 0 saturated carbocycles. The van der Waals surface area contributed by atoms with Crippen LogP contribution in [0.1, 0.15) is 12.8 Å². The van der Waals surface area contributed by atoms with Crippen LogP contribution in [-0.2, 0) is 4.79 Å². The van der Waals surface area contributed by atoms with Gasteiger partial charge in [-0.2, -0.15) is 0 Å². The van der Waals surface area contributed by atoms with Crippen molar-refractivity contribution in [2.24, 2.45) is 5.92 Å². The number of nitrogens with zero attached hydrogens (tertiary/aromatic N) is 2. The number of para-hydroxylation sites is 2. The molecule has 0 radical (unpaired) electrons. The molecular weight excluding hydrogens is 362 g/mol. The van der Waals surface area contributed by atoms with Crippen molar-refractivity contribution in [1.29, 1.82) is 0 Å². The van der Waals surface area contributed by atoms with Crippen LogP contribution in [0.3, 0.4) is 0 Å². The van der Waals surface area contributed by atoms with Crippen molar-refractivity contribution in [2.75, 3.05) is 29.6 Å². The summed E-state index contributed by atoms with van der Waals surface area (Å²) in [6.07, 6.45) is 3.76. The fourth-order valence-corrected chi connectivity index (χ4v) is 4.88. The zero-order valence-corrected chi connectivity index (χ0v) is 16.3. The van der Waals surface area contributed by atoms with E-state index in [1.165, 1.54) is 4.70 Å². The number of anilines is 2. The highest BCUT2D eigenvalue weighted by Crippen LogP contribution is 2.32. The number of carbonyl (C=O) groups excluding carboxylic acids is 1. The van der Waals surface area contributed by atoms with Crippen molar-refractivity contribution >= 4 is 50.0 Å². The zero-order valence-electron chi connectivity index (χ0n) is 14.6. The van der Waals surface area contributed by atoms with Gasteiger partial charge in [-0.1, -0.05) is 35.6 Å². The summed E-state index contributed by atoms with van der Waals surface area (Å²) in [6, 6.07) is 16.2. The summed E-state index contributed by atoms with van der Waals surface area (Å²) in [6.45, 7) is 1.75. The number of piperidine rings is 1. The van der Waals surface area contributed by atoms with Crippen LogP contribution in [0.15, 0.2) is 53.4 Å². The second-order valence-corrected chi connectivity index (χ2v) is 8.27. The van der Waals surface area contributed by atoms with Gasteiger partial charge >= 0.3 is 0 Å². The van der Waals surface area contributed by atoms with Crippen molar-refractivity contribution in [3.63, 3.8) is 0 Å². The van der Waals surface area contributed by atoms with Crippen LogP contribution in [0, 0.1) is 5.92 Å². The molecule has 4 rings (SSSR count). The molecule has 1 aromatic heterocycles. The highest BCUT2D eigenvalue weighted by atomic mass is 32.2. The molecule has 2 aromatic carbocycles. The number of rotatable bonds is 4. The van der Waals surface area contributed by atoms with Gasteiger partial charge in [0.15, 0.2) is 5.13 Å². The summed E-state index contributed by atoms with van der Waals surface area (Å²) in [5.41, 5.74) is 1.97. The number of amides is 1. The first-order valence-electron chi connectivity index (χ1n) is 8.79. The minimum absolute atomic E-state index is 0.0653. The topological polar surface area (TPSA) is 45.2 Å². The maximum absolute atomic E-state index is 12.7. The Bertz CT molecular complexity index is 883. The highest BCUT2D eigenvalue weighted by molar-refractivity contribution is 7.98. The third kappa shape index (κ3) is 3.57. The molecule has 1 aliphatic heterocycles. The third-order valence-electron chi connectivity index (χ3n) is 4.78. The lowest BCUT2D eigenvalue weighted by molar-refractivity contribution is -0.120. The molecule has 3 aromatic rings. The van der Waals surface area contributed by atoms with Gasteiger partial charge in [-0.3, -0.25) is 4.79 Å². The van der Waals surface area contributed by atoms with E-state index in [0.29, 0.717) is 0 Å². The van der Waals surface area contributed by atoms with E-state index in [0.717, 1.165) is 47.2 Å². The van der Waals surface area contributed by atoms with Gasteiger partial charge in [-0.25, -0.2) is 4.98 Å². The predicted molar refractivity (Wildman–Crippen MR) is 111 cm³/mol. The van der Waals surface area contributed by atoms with Crippen LogP contribution in [0.4, 0.5) is 10.8 Å². The van der Waals surface area contributed by atoms with Crippen molar-refractivity contribution < 1.29 is 4.79 Å². The van der Waals surface area contributed by atoms with Gasteiger partial charge in [0.05, 0.1) is 15.9 Å². The second kappa shape index (κ2) is 7.68. The van der Waals surface area contributed by atoms with E-state index in [1.54, 1.807) is 23.1 Å². The van der Waals surface area contributed by atoms with Gasteiger partial charge in [-0.15, -0.1) is 11.8 Å². The molecule has 2 heterocycles. The molecule has 26 heavy (non-hydrogen) atoms. The fourth-order valence-electron chi connectivity index (χ4n) is 3.31. The largest absolute Gasteiger partial charge is 0.348 e. The number of hydrogen-bond donors (Lipinski definition) is 1. The summed E-state index contributed by atoms with van der Waals surface area (Å²) >= 11 is 3.39. The smallest absolute Gasteiger partial charge is 0.227 e. The van der Waals surface area contributed by atoms with E-state index in [-0.39, 0.29) is 11.8 Å². The van der Waals surface area contributed by atoms with Crippen LogP contribution in [-0.4, -0.2) is 30.2 Å². The Hall–Kier alpha value is -2.05. The standard InChI is InChI=1S/C20H21N3OS2/c1-25-17-8-4-2-6-15(17)21-19(24)14-10-12-23(13-11-14)20-22-16-7-3-5-9-18(16)26-20/h2-9,14H,10-13H2,1H3,(H,21,24). The van der Waals surface area contributed by atoms with Crippen molar-refractivity contribution in [3.8, 4) is 0 Å². The molecule has 0 unspecified atom stereocenters. The lowest BCUT2D eigenvalue weighted by Crippen LogP contribution is -2.38. The maximum atomic E-state index is 12.7. The molecule has 4 nitrogen and oxygen atoms in total. The lowest BCUT2D eigenvalue weighted by atomic mass is 9.96. The molecule has 1 N–H and O–H groups in total. The van der Waals surface area contributed by atoms with Crippen molar-refractivity contribution in [3.05, 3.63) is 48.5 Å². The van der Waals surface area contributed by atoms with Crippen molar-refractivity contribution in [2.45, 2.75) is 17.7 Å². The number of thioether (sulfide) groups is 1. The van der Waals surface area contributed by atoms with Crippen LogP contribution in [0.2, 0.25) is 0 Å². The van der Waals surface area contributed by atoms with Crippen LogP contribution < -0.4 is 10.2 Å². The minimum Gasteiger partial charge on any atom is -0.348 e. The summed E-state index contributed by atoms with van der Waals surface area (Å²) in [5, 5.41) is 4.18. The molecule has 134 valence electrons. The molecule has 0 bridgehead atoms. The molecule has 6 heteroatoms. The van der Waals surface area contributed by atoms with E-state index < -0.39 is 0 Å². The average molecular weight is 384 g/mol. The Balaban J connectivity index is 1.39. The molecular formula is C20H21N3OS2. The molecule has 1 saturated heterocycles. The lowest BCUT2D eigenvalue weighted by Gasteiger charge is -2.31. The molecule has 0 aliphatic carbocycles. The van der Waals surface area contributed by atoms with Crippen LogP contribution in [0.25, 0.3) is 10.2 Å². The Morgan fingerprint density at radius 1 is 1.15 bits per heavy atom. The van der Waals surface area contributed by atoms with E-state index in [2.05, 4.69) is 22.3 Å². The number of thiazole rings is 1. The number of aromatic nitrogens is 1. The molecule has 1 amide bonds. The SMILES string of the molecule is CSc1ccccc1NC(=O)C1CCN(c2nc3ccccc3s2)CC1. The van der Waals surface area contributed by atoms with Crippen molar-refractivity contribution in [1.82, 2.24) is 4.98 Å². The number of fused-ring (bicyclic) bond motifs is 1. The number of nitrogens with one attached hydrogen (secondary N) is 1. The summed E-state index contributed by atoms with van der Waals surface area (Å²) < 4.78 is 1.22. The molecule has 1 aliphatic rings. The summed E-state index contributed by atoms with van der Waals surface area (Å²) in [4.78, 5) is 20.8. The van der Waals surface area contributed by atoms with Gasteiger partial charge in [0.25, 0.3) is 0 Å². The van der Waals surface area contributed by atoms with Gasteiger partial charge in [-0.05, 0) is 43.4 Å². The minimum atomic E-state index is 0.0653. The normalized spacial score (nSPS) is 15.3.